The van der Waals surface area contributed by atoms with Gasteiger partial charge in [-0.05, 0) is 31.2 Å². The summed E-state index contributed by atoms with van der Waals surface area (Å²) in [6.07, 6.45) is 8.48. The van der Waals surface area contributed by atoms with Crippen LogP contribution in [-0.4, -0.2) is 21.3 Å². The number of nitrogens with two attached hydrogens (primary N) is 1. The fourth-order valence-electron chi connectivity index (χ4n) is 2.22. The average molecular weight is 237 g/mol. The van der Waals surface area contributed by atoms with E-state index in [9.17, 15) is 0 Å². The van der Waals surface area contributed by atoms with Gasteiger partial charge < -0.3 is 5.73 Å². The molecule has 3 unspecified atom stereocenters. The molecular weight excluding hydrogens is 218 g/mol. The first-order valence-corrected chi connectivity index (χ1v) is 6.86. The lowest BCUT2D eigenvalue weighted by molar-refractivity contribution is 0.327. The molecule has 16 heavy (non-hydrogen) atoms. The summed E-state index contributed by atoms with van der Waals surface area (Å²) in [6.45, 7) is 2.27. The Labute approximate surface area is 101 Å². The number of hydrogen-bond donors (Lipinski definition) is 1. The zero-order chi connectivity index (χ0) is 11.4. The topological polar surface area (TPSA) is 51.8 Å². The van der Waals surface area contributed by atoms with Gasteiger partial charge in [0.25, 0.3) is 0 Å². The zero-order valence-corrected chi connectivity index (χ0v) is 10.5. The molecule has 0 aromatic carbocycles. The Morgan fingerprint density at radius 2 is 2.12 bits per heavy atom. The highest BCUT2D eigenvalue weighted by atomic mass is 32.2. The van der Waals surface area contributed by atoms with Crippen LogP contribution in [-0.2, 0) is 0 Å². The van der Waals surface area contributed by atoms with Crippen molar-refractivity contribution in [3.63, 3.8) is 0 Å². The number of hydrogen-bond acceptors (Lipinski definition) is 4. The van der Waals surface area contributed by atoms with Gasteiger partial charge in [-0.25, -0.2) is 9.97 Å². The van der Waals surface area contributed by atoms with Crippen molar-refractivity contribution in [3.05, 3.63) is 18.5 Å². The van der Waals surface area contributed by atoms with E-state index in [1.807, 2.05) is 6.07 Å². The van der Waals surface area contributed by atoms with Crippen molar-refractivity contribution in [2.45, 2.75) is 49.1 Å². The van der Waals surface area contributed by atoms with E-state index in [-0.39, 0.29) is 0 Å². The van der Waals surface area contributed by atoms with Crippen molar-refractivity contribution in [1.29, 1.82) is 0 Å². The Balaban J connectivity index is 1.97. The Morgan fingerprint density at radius 3 is 2.81 bits per heavy atom. The van der Waals surface area contributed by atoms with Gasteiger partial charge in [0, 0.05) is 23.7 Å². The van der Waals surface area contributed by atoms with Gasteiger partial charge in [0.2, 0.25) is 0 Å². The molecule has 2 N–H and O–H groups in total. The van der Waals surface area contributed by atoms with Crippen LogP contribution in [0.2, 0.25) is 0 Å². The molecule has 3 atom stereocenters. The molecule has 0 amide bonds. The van der Waals surface area contributed by atoms with Gasteiger partial charge in [0.1, 0.15) is 0 Å². The molecule has 2 rings (SSSR count). The van der Waals surface area contributed by atoms with Crippen LogP contribution in [0.15, 0.2) is 23.6 Å². The standard InChI is InChI=1S/C12H19N3S/c1-2-9-4-5-10(13)11(8-9)16-12-14-6-3-7-15-12/h3,6-7,9-11H,2,4-5,8,13H2,1H3. The van der Waals surface area contributed by atoms with Crippen molar-refractivity contribution in [2.24, 2.45) is 11.7 Å². The van der Waals surface area contributed by atoms with Crippen molar-refractivity contribution in [2.75, 3.05) is 0 Å². The van der Waals surface area contributed by atoms with E-state index in [1.54, 1.807) is 24.2 Å². The van der Waals surface area contributed by atoms with Crippen molar-refractivity contribution >= 4 is 11.8 Å². The summed E-state index contributed by atoms with van der Waals surface area (Å²) in [5.41, 5.74) is 6.17. The second-order valence-electron chi connectivity index (χ2n) is 4.44. The first-order chi connectivity index (χ1) is 7.79. The van der Waals surface area contributed by atoms with Crippen molar-refractivity contribution < 1.29 is 0 Å². The number of aromatic nitrogens is 2. The largest absolute Gasteiger partial charge is 0.327 e. The van der Waals surface area contributed by atoms with Gasteiger partial charge in [-0.1, -0.05) is 25.1 Å². The molecule has 3 nitrogen and oxygen atoms in total. The molecule has 1 fully saturated rings. The highest BCUT2D eigenvalue weighted by molar-refractivity contribution is 7.99. The maximum Gasteiger partial charge on any atom is 0.187 e. The highest BCUT2D eigenvalue weighted by Gasteiger charge is 2.28. The Morgan fingerprint density at radius 1 is 1.38 bits per heavy atom. The van der Waals surface area contributed by atoms with E-state index in [1.165, 1.54) is 19.3 Å². The third kappa shape index (κ3) is 2.95. The molecule has 0 bridgehead atoms. The molecule has 88 valence electrons. The van der Waals surface area contributed by atoms with Crippen molar-refractivity contribution in [1.82, 2.24) is 9.97 Å². The lowest BCUT2D eigenvalue weighted by Gasteiger charge is -2.32. The first-order valence-electron chi connectivity index (χ1n) is 5.99. The third-order valence-electron chi connectivity index (χ3n) is 3.33. The minimum Gasteiger partial charge on any atom is -0.327 e. The van der Waals surface area contributed by atoms with Crippen LogP contribution in [0.4, 0.5) is 0 Å². The Bertz CT molecular complexity index is 317. The molecule has 0 aliphatic heterocycles. The van der Waals surface area contributed by atoms with Gasteiger partial charge >= 0.3 is 0 Å². The fourth-order valence-corrected chi connectivity index (χ4v) is 3.42. The molecule has 1 saturated carbocycles. The third-order valence-corrected chi connectivity index (χ3v) is 4.59. The molecule has 1 aliphatic carbocycles. The maximum absolute atomic E-state index is 6.17. The fraction of sp³-hybridized carbons (Fsp3) is 0.667. The average Bonchev–Trinajstić information content (AvgIpc) is 2.33. The molecule has 4 heteroatoms. The van der Waals surface area contributed by atoms with Crippen LogP contribution < -0.4 is 5.73 Å². The second kappa shape index (κ2) is 5.64. The van der Waals surface area contributed by atoms with Gasteiger partial charge in [-0.15, -0.1) is 0 Å². The summed E-state index contributed by atoms with van der Waals surface area (Å²) in [5.74, 6) is 0.834. The minimum absolute atomic E-state index is 0.302. The summed E-state index contributed by atoms with van der Waals surface area (Å²) >= 11 is 1.74. The van der Waals surface area contributed by atoms with E-state index in [0.717, 1.165) is 17.5 Å². The van der Waals surface area contributed by atoms with Gasteiger partial charge in [-0.3, -0.25) is 0 Å². The molecular formula is C12H19N3S. The van der Waals surface area contributed by atoms with Crippen molar-refractivity contribution in [3.8, 4) is 0 Å². The number of thioether (sulfide) groups is 1. The first kappa shape index (κ1) is 11.9. The Hall–Kier alpha value is -0.610. The van der Waals surface area contributed by atoms with E-state index in [4.69, 9.17) is 5.73 Å². The lowest BCUT2D eigenvalue weighted by Crippen LogP contribution is -2.38. The van der Waals surface area contributed by atoms with Crippen LogP contribution >= 0.6 is 11.8 Å². The summed E-state index contributed by atoms with van der Waals surface area (Å²) in [6, 6.07) is 2.15. The molecule has 1 aromatic heterocycles. The van der Waals surface area contributed by atoms with E-state index in [2.05, 4.69) is 16.9 Å². The summed E-state index contributed by atoms with van der Waals surface area (Å²) in [4.78, 5) is 8.51. The van der Waals surface area contributed by atoms with E-state index >= 15 is 0 Å². The van der Waals surface area contributed by atoms with Crippen LogP contribution in [0.25, 0.3) is 0 Å². The highest BCUT2D eigenvalue weighted by Crippen LogP contribution is 2.35. The van der Waals surface area contributed by atoms with Crippen LogP contribution in [0.1, 0.15) is 32.6 Å². The predicted octanol–water partition coefficient (Wildman–Crippen LogP) is 2.47. The molecule has 0 saturated heterocycles. The van der Waals surface area contributed by atoms with Crippen LogP contribution in [0.5, 0.6) is 0 Å². The van der Waals surface area contributed by atoms with Gasteiger partial charge in [0.05, 0.1) is 0 Å². The summed E-state index contributed by atoms with van der Waals surface area (Å²) in [5, 5.41) is 1.35. The lowest BCUT2D eigenvalue weighted by atomic mass is 9.84. The van der Waals surface area contributed by atoms with E-state index in [0.29, 0.717) is 11.3 Å². The Kier molecular flexibility index (Phi) is 4.18. The quantitative estimate of drug-likeness (QED) is 0.821. The molecule has 1 aromatic rings. The summed E-state index contributed by atoms with van der Waals surface area (Å²) in [7, 11) is 0. The smallest absolute Gasteiger partial charge is 0.187 e. The monoisotopic (exact) mass is 237 g/mol. The number of rotatable bonds is 3. The minimum atomic E-state index is 0.302. The van der Waals surface area contributed by atoms with Gasteiger partial charge in [0.15, 0.2) is 5.16 Å². The predicted molar refractivity (Wildman–Crippen MR) is 67.3 cm³/mol. The molecule has 1 heterocycles. The molecule has 0 radical (unpaired) electrons. The molecule has 0 spiro atoms. The SMILES string of the molecule is CCC1CCC(N)C(Sc2ncccn2)C1. The summed E-state index contributed by atoms with van der Waals surface area (Å²) < 4.78 is 0. The van der Waals surface area contributed by atoms with Gasteiger partial charge in [-0.2, -0.15) is 0 Å². The maximum atomic E-state index is 6.17. The van der Waals surface area contributed by atoms with E-state index < -0.39 is 0 Å². The second-order valence-corrected chi connectivity index (χ2v) is 5.65. The van der Waals surface area contributed by atoms with Crippen LogP contribution in [0, 0.1) is 5.92 Å². The number of nitrogens with zero attached hydrogens (tertiary/aromatic N) is 2. The van der Waals surface area contributed by atoms with Crippen LogP contribution in [0.3, 0.4) is 0 Å². The zero-order valence-electron chi connectivity index (χ0n) is 9.67. The normalized spacial score (nSPS) is 30.2. The molecule has 1 aliphatic rings.